The zero-order valence-electron chi connectivity index (χ0n) is 10.4. The van der Waals surface area contributed by atoms with E-state index < -0.39 is 0 Å². The maximum absolute atomic E-state index is 10.0. The second-order valence-electron chi connectivity index (χ2n) is 4.26. The second-order valence-corrected chi connectivity index (χ2v) is 4.26. The Morgan fingerprint density at radius 3 is 2.24 bits per heavy atom. The van der Waals surface area contributed by atoms with Crippen molar-refractivity contribution in [1.29, 1.82) is 0 Å². The Labute approximate surface area is 103 Å². The molecular formula is C16H18O. The summed E-state index contributed by atoms with van der Waals surface area (Å²) in [5, 5.41) is 10.0. The monoisotopic (exact) mass is 226 g/mol. The number of phenols is 1. The third-order valence-corrected chi connectivity index (χ3v) is 3.12. The first-order valence-corrected chi connectivity index (χ1v) is 6.15. The van der Waals surface area contributed by atoms with E-state index in [4.69, 9.17) is 0 Å². The zero-order chi connectivity index (χ0) is 12.3. The molecule has 0 heterocycles. The Bertz CT molecular complexity index is 515. The molecule has 1 N–H and O–H groups in total. The molecule has 88 valence electrons. The third kappa shape index (κ3) is 2.50. The fourth-order valence-electron chi connectivity index (χ4n) is 2.00. The molecule has 1 nitrogen and oxygen atoms in total. The van der Waals surface area contributed by atoms with E-state index in [2.05, 4.69) is 32.0 Å². The molecule has 1 heteroatoms. The molecule has 0 aliphatic carbocycles. The van der Waals surface area contributed by atoms with Gasteiger partial charge in [-0.15, -0.1) is 0 Å². The molecule has 0 saturated carbocycles. The number of hydrogen-bond donors (Lipinski definition) is 1. The molecule has 0 bridgehead atoms. The van der Waals surface area contributed by atoms with Gasteiger partial charge in [0.25, 0.3) is 0 Å². The van der Waals surface area contributed by atoms with Gasteiger partial charge in [0.05, 0.1) is 0 Å². The lowest BCUT2D eigenvalue weighted by molar-refractivity contribution is 0.476. The maximum atomic E-state index is 10.0. The van der Waals surface area contributed by atoms with Gasteiger partial charge in [-0.2, -0.15) is 0 Å². The summed E-state index contributed by atoms with van der Waals surface area (Å²) in [5.74, 6) is 0.373. The predicted octanol–water partition coefficient (Wildman–Crippen LogP) is 4.18. The van der Waals surface area contributed by atoms with Crippen molar-refractivity contribution in [3.63, 3.8) is 0 Å². The highest BCUT2D eigenvalue weighted by Gasteiger charge is 2.05. The number of aryl methyl sites for hydroxylation is 2. The number of aromatic hydroxyl groups is 1. The Kier molecular flexibility index (Phi) is 3.48. The van der Waals surface area contributed by atoms with Gasteiger partial charge in [0.1, 0.15) is 5.75 Å². The first-order valence-electron chi connectivity index (χ1n) is 6.15. The molecule has 0 aromatic heterocycles. The van der Waals surface area contributed by atoms with Crippen LogP contribution < -0.4 is 0 Å². The number of rotatable bonds is 3. The first-order chi connectivity index (χ1) is 8.24. The molecule has 0 amide bonds. The SMILES string of the molecule is CCc1cccc(-c2ccc(CC)cc2O)c1. The van der Waals surface area contributed by atoms with E-state index in [1.165, 1.54) is 5.56 Å². The van der Waals surface area contributed by atoms with Crippen LogP contribution in [-0.2, 0) is 12.8 Å². The zero-order valence-corrected chi connectivity index (χ0v) is 10.4. The van der Waals surface area contributed by atoms with E-state index in [1.54, 1.807) is 0 Å². The van der Waals surface area contributed by atoms with Gasteiger partial charge in [-0.1, -0.05) is 50.2 Å². The fourth-order valence-corrected chi connectivity index (χ4v) is 2.00. The van der Waals surface area contributed by atoms with Crippen molar-refractivity contribution in [2.45, 2.75) is 26.7 Å². The molecule has 0 saturated heterocycles. The van der Waals surface area contributed by atoms with Gasteiger partial charge < -0.3 is 5.11 Å². The van der Waals surface area contributed by atoms with Gasteiger partial charge in [-0.3, -0.25) is 0 Å². The van der Waals surface area contributed by atoms with Crippen molar-refractivity contribution < 1.29 is 5.11 Å². The number of phenolic OH excluding ortho intramolecular Hbond substituents is 1. The smallest absolute Gasteiger partial charge is 0.123 e. The summed E-state index contributed by atoms with van der Waals surface area (Å²) >= 11 is 0. The van der Waals surface area contributed by atoms with Crippen LogP contribution in [0.3, 0.4) is 0 Å². The summed E-state index contributed by atoms with van der Waals surface area (Å²) in [7, 11) is 0. The van der Waals surface area contributed by atoms with Crippen LogP contribution in [0.15, 0.2) is 42.5 Å². The van der Waals surface area contributed by atoms with Crippen LogP contribution in [0.1, 0.15) is 25.0 Å². The molecule has 0 radical (unpaired) electrons. The lowest BCUT2D eigenvalue weighted by atomic mass is 9.99. The lowest BCUT2D eigenvalue weighted by Crippen LogP contribution is -1.85. The second kappa shape index (κ2) is 5.05. The van der Waals surface area contributed by atoms with Crippen molar-refractivity contribution in [2.24, 2.45) is 0 Å². The van der Waals surface area contributed by atoms with Crippen molar-refractivity contribution in [1.82, 2.24) is 0 Å². The Balaban J connectivity index is 2.45. The predicted molar refractivity (Wildman–Crippen MR) is 72.3 cm³/mol. The van der Waals surface area contributed by atoms with Crippen molar-refractivity contribution in [3.8, 4) is 16.9 Å². The average molecular weight is 226 g/mol. The summed E-state index contributed by atoms with van der Waals surface area (Å²) in [5.41, 5.74) is 4.46. The van der Waals surface area contributed by atoms with Gasteiger partial charge in [-0.05, 0) is 35.6 Å². The lowest BCUT2D eigenvalue weighted by Gasteiger charge is -2.08. The van der Waals surface area contributed by atoms with Crippen LogP contribution in [0.25, 0.3) is 11.1 Å². The minimum atomic E-state index is 0.373. The summed E-state index contributed by atoms with van der Waals surface area (Å²) in [4.78, 5) is 0. The minimum Gasteiger partial charge on any atom is -0.507 e. The largest absolute Gasteiger partial charge is 0.507 e. The van der Waals surface area contributed by atoms with Gasteiger partial charge in [0.2, 0.25) is 0 Å². The van der Waals surface area contributed by atoms with Gasteiger partial charge in [0.15, 0.2) is 0 Å². The maximum Gasteiger partial charge on any atom is 0.123 e. The Hall–Kier alpha value is -1.76. The molecule has 0 aliphatic heterocycles. The average Bonchev–Trinajstić information content (AvgIpc) is 2.38. The number of hydrogen-bond acceptors (Lipinski definition) is 1. The van der Waals surface area contributed by atoms with Crippen LogP contribution in [0.5, 0.6) is 5.75 Å². The molecule has 2 aromatic carbocycles. The number of benzene rings is 2. The Morgan fingerprint density at radius 2 is 1.59 bits per heavy atom. The van der Waals surface area contributed by atoms with Gasteiger partial charge >= 0.3 is 0 Å². The standard InChI is InChI=1S/C16H18O/c1-3-12-6-5-7-14(10-12)15-9-8-13(4-2)11-16(15)17/h5-11,17H,3-4H2,1-2H3. The molecule has 17 heavy (non-hydrogen) atoms. The van der Waals surface area contributed by atoms with Crippen molar-refractivity contribution in [2.75, 3.05) is 0 Å². The minimum absolute atomic E-state index is 0.373. The summed E-state index contributed by atoms with van der Waals surface area (Å²) in [6.45, 7) is 4.23. The molecule has 0 spiro atoms. The van der Waals surface area contributed by atoms with E-state index in [-0.39, 0.29) is 0 Å². The summed E-state index contributed by atoms with van der Waals surface area (Å²) in [6, 6.07) is 14.3. The summed E-state index contributed by atoms with van der Waals surface area (Å²) < 4.78 is 0. The molecule has 0 unspecified atom stereocenters. The van der Waals surface area contributed by atoms with Crippen LogP contribution in [-0.4, -0.2) is 5.11 Å². The molecule has 2 aromatic rings. The van der Waals surface area contributed by atoms with E-state index in [1.807, 2.05) is 24.3 Å². The topological polar surface area (TPSA) is 20.2 Å². The molecule has 0 fully saturated rings. The van der Waals surface area contributed by atoms with E-state index in [0.717, 1.165) is 29.5 Å². The molecule has 0 aliphatic rings. The highest BCUT2D eigenvalue weighted by molar-refractivity contribution is 5.71. The van der Waals surface area contributed by atoms with Crippen LogP contribution in [0.4, 0.5) is 0 Å². The highest BCUT2D eigenvalue weighted by atomic mass is 16.3. The molecular weight excluding hydrogens is 208 g/mol. The first kappa shape index (κ1) is 11.7. The molecule has 2 rings (SSSR count). The van der Waals surface area contributed by atoms with Crippen LogP contribution >= 0.6 is 0 Å². The highest BCUT2D eigenvalue weighted by Crippen LogP contribution is 2.30. The summed E-state index contributed by atoms with van der Waals surface area (Å²) in [6.07, 6.45) is 1.96. The van der Waals surface area contributed by atoms with Gasteiger partial charge in [0, 0.05) is 5.56 Å². The molecule has 0 atom stereocenters. The van der Waals surface area contributed by atoms with Gasteiger partial charge in [-0.25, -0.2) is 0 Å². The quantitative estimate of drug-likeness (QED) is 0.832. The normalized spacial score (nSPS) is 10.5. The van der Waals surface area contributed by atoms with Crippen LogP contribution in [0.2, 0.25) is 0 Å². The van der Waals surface area contributed by atoms with E-state index in [0.29, 0.717) is 5.75 Å². The Morgan fingerprint density at radius 1 is 0.882 bits per heavy atom. The van der Waals surface area contributed by atoms with Crippen LogP contribution in [0, 0.1) is 0 Å². The van der Waals surface area contributed by atoms with Crippen molar-refractivity contribution in [3.05, 3.63) is 53.6 Å². The third-order valence-electron chi connectivity index (χ3n) is 3.12. The van der Waals surface area contributed by atoms with E-state index in [9.17, 15) is 5.11 Å². The van der Waals surface area contributed by atoms with Crippen molar-refractivity contribution >= 4 is 0 Å². The fraction of sp³-hybridized carbons (Fsp3) is 0.250. The van der Waals surface area contributed by atoms with E-state index >= 15 is 0 Å².